The first-order valence-corrected chi connectivity index (χ1v) is 5.01. The van der Waals surface area contributed by atoms with E-state index in [0.29, 0.717) is 24.6 Å². The lowest BCUT2D eigenvalue weighted by Crippen LogP contribution is -2.20. The van der Waals surface area contributed by atoms with Crippen molar-refractivity contribution in [2.75, 3.05) is 18.5 Å². The monoisotopic (exact) mass is 223 g/mol. The van der Waals surface area contributed by atoms with E-state index in [0.717, 1.165) is 5.69 Å². The van der Waals surface area contributed by atoms with Crippen molar-refractivity contribution in [2.24, 2.45) is 5.73 Å². The highest BCUT2D eigenvalue weighted by Crippen LogP contribution is 2.27. The number of carboxylic acids is 1. The number of aliphatic carboxylic acids is 1. The molecule has 0 amide bonds. The van der Waals surface area contributed by atoms with Gasteiger partial charge in [0.25, 0.3) is 0 Å². The van der Waals surface area contributed by atoms with E-state index in [1.807, 2.05) is 0 Å². The maximum atomic E-state index is 10.5. The number of nitrogens with zero attached hydrogens (tertiary/aromatic N) is 1. The zero-order valence-electron chi connectivity index (χ0n) is 8.64. The Morgan fingerprint density at radius 3 is 3.31 bits per heavy atom. The van der Waals surface area contributed by atoms with Crippen LogP contribution in [0.15, 0.2) is 12.3 Å². The molecule has 6 nitrogen and oxygen atoms in total. The molecule has 1 atom stereocenters. The van der Waals surface area contributed by atoms with E-state index in [9.17, 15) is 4.79 Å². The molecule has 1 unspecified atom stereocenters. The number of fused-ring (bicyclic) bond motifs is 1. The van der Waals surface area contributed by atoms with Crippen LogP contribution in [-0.4, -0.2) is 29.2 Å². The molecule has 2 rings (SSSR count). The topological polar surface area (TPSA) is 97.5 Å². The summed E-state index contributed by atoms with van der Waals surface area (Å²) in [5, 5.41) is 11.8. The van der Waals surface area contributed by atoms with Crippen molar-refractivity contribution in [2.45, 2.75) is 12.5 Å². The van der Waals surface area contributed by atoms with Gasteiger partial charge in [0.2, 0.25) is 5.88 Å². The third-order valence-electron chi connectivity index (χ3n) is 2.35. The molecule has 1 aromatic heterocycles. The first-order valence-electron chi connectivity index (χ1n) is 5.01. The Morgan fingerprint density at radius 1 is 1.75 bits per heavy atom. The van der Waals surface area contributed by atoms with Crippen LogP contribution in [0.3, 0.4) is 0 Å². The van der Waals surface area contributed by atoms with Crippen LogP contribution in [0.4, 0.5) is 5.69 Å². The molecule has 0 aromatic carbocycles. The van der Waals surface area contributed by atoms with Crippen LogP contribution in [0, 0.1) is 0 Å². The summed E-state index contributed by atoms with van der Waals surface area (Å²) in [6.07, 6.45) is 1.45. The Labute approximate surface area is 92.4 Å². The summed E-state index contributed by atoms with van der Waals surface area (Å²) in [4.78, 5) is 14.6. The van der Waals surface area contributed by atoms with Crippen molar-refractivity contribution in [3.05, 3.63) is 17.8 Å². The lowest BCUT2D eigenvalue weighted by atomic mass is 10.1. The number of aromatic nitrogens is 1. The van der Waals surface area contributed by atoms with E-state index in [1.54, 1.807) is 12.3 Å². The summed E-state index contributed by atoms with van der Waals surface area (Å²) in [6, 6.07) is 1.24. The number of nitrogens with one attached hydrogen (secondary N) is 1. The summed E-state index contributed by atoms with van der Waals surface area (Å²) in [7, 11) is 0. The third kappa shape index (κ3) is 2.22. The molecule has 0 aliphatic carbocycles. The van der Waals surface area contributed by atoms with Gasteiger partial charge in [0.05, 0.1) is 12.1 Å². The number of pyridine rings is 1. The van der Waals surface area contributed by atoms with E-state index < -0.39 is 12.0 Å². The largest absolute Gasteiger partial charge is 0.481 e. The predicted octanol–water partition coefficient (Wildman–Crippen LogP) is 0.360. The van der Waals surface area contributed by atoms with Crippen LogP contribution in [0.1, 0.15) is 18.0 Å². The van der Waals surface area contributed by atoms with Crippen LogP contribution in [0.5, 0.6) is 5.88 Å². The van der Waals surface area contributed by atoms with Crippen molar-refractivity contribution >= 4 is 11.7 Å². The number of ether oxygens (including phenoxy) is 1. The number of carboxylic acid groups (broad SMARTS) is 1. The van der Waals surface area contributed by atoms with E-state index in [1.165, 1.54) is 0 Å². The number of hydrogen-bond acceptors (Lipinski definition) is 5. The molecular formula is C10H13N3O3. The fraction of sp³-hybridized carbons (Fsp3) is 0.400. The second kappa shape index (κ2) is 4.36. The van der Waals surface area contributed by atoms with Gasteiger partial charge in [-0.1, -0.05) is 0 Å². The lowest BCUT2D eigenvalue weighted by molar-refractivity contribution is -0.137. The molecule has 1 aromatic rings. The summed E-state index contributed by atoms with van der Waals surface area (Å²) < 4.78 is 5.31. The Hall–Kier alpha value is -1.82. The number of anilines is 1. The highest BCUT2D eigenvalue weighted by atomic mass is 16.5. The molecule has 0 saturated carbocycles. The van der Waals surface area contributed by atoms with Crippen molar-refractivity contribution in [3.8, 4) is 5.88 Å². The van der Waals surface area contributed by atoms with Crippen LogP contribution in [0.25, 0.3) is 0 Å². The maximum absolute atomic E-state index is 10.5. The highest BCUT2D eigenvalue weighted by Gasteiger charge is 2.16. The van der Waals surface area contributed by atoms with Crippen LogP contribution >= 0.6 is 0 Å². The van der Waals surface area contributed by atoms with Gasteiger partial charge in [-0.05, 0) is 11.6 Å². The average molecular weight is 223 g/mol. The lowest BCUT2D eigenvalue weighted by Gasteiger charge is -2.19. The predicted molar refractivity (Wildman–Crippen MR) is 57.4 cm³/mol. The van der Waals surface area contributed by atoms with E-state index in [-0.39, 0.29) is 6.42 Å². The van der Waals surface area contributed by atoms with Crippen molar-refractivity contribution < 1.29 is 14.6 Å². The molecule has 4 N–H and O–H groups in total. The average Bonchev–Trinajstić information content (AvgIpc) is 2.27. The second-order valence-electron chi connectivity index (χ2n) is 3.60. The summed E-state index contributed by atoms with van der Waals surface area (Å²) >= 11 is 0. The van der Waals surface area contributed by atoms with Gasteiger partial charge in [0.1, 0.15) is 6.61 Å². The maximum Gasteiger partial charge on any atom is 0.305 e. The SMILES string of the molecule is NC(CC(=O)O)c1cnc2c(c1)NCCO2. The summed E-state index contributed by atoms with van der Waals surface area (Å²) in [6.45, 7) is 1.30. The molecule has 16 heavy (non-hydrogen) atoms. The minimum Gasteiger partial charge on any atom is -0.481 e. The molecular weight excluding hydrogens is 210 g/mol. The zero-order chi connectivity index (χ0) is 11.5. The minimum absolute atomic E-state index is 0.110. The molecule has 0 fully saturated rings. The minimum atomic E-state index is -0.922. The zero-order valence-corrected chi connectivity index (χ0v) is 8.64. The molecule has 0 bridgehead atoms. The standard InChI is InChI=1S/C10H13N3O3/c11-7(4-9(14)15)6-3-8-10(13-5-6)16-2-1-12-8/h3,5,7,12H,1-2,4,11H2,(H,14,15). The first-order chi connectivity index (χ1) is 7.66. The Kier molecular flexibility index (Phi) is 2.91. The Balaban J connectivity index is 2.19. The molecule has 1 aliphatic heterocycles. The molecule has 0 spiro atoms. The second-order valence-corrected chi connectivity index (χ2v) is 3.60. The van der Waals surface area contributed by atoms with Crippen LogP contribution in [0.2, 0.25) is 0 Å². The third-order valence-corrected chi connectivity index (χ3v) is 2.35. The fourth-order valence-electron chi connectivity index (χ4n) is 1.55. The first kappa shape index (κ1) is 10.7. The van der Waals surface area contributed by atoms with Crippen molar-refractivity contribution in [1.82, 2.24) is 4.98 Å². The van der Waals surface area contributed by atoms with Gasteiger partial charge in [-0.3, -0.25) is 4.79 Å². The smallest absolute Gasteiger partial charge is 0.305 e. The highest BCUT2D eigenvalue weighted by molar-refractivity contribution is 5.68. The van der Waals surface area contributed by atoms with Crippen molar-refractivity contribution in [1.29, 1.82) is 0 Å². The molecule has 0 saturated heterocycles. The van der Waals surface area contributed by atoms with Gasteiger partial charge in [-0.25, -0.2) is 4.98 Å². The molecule has 6 heteroatoms. The van der Waals surface area contributed by atoms with Gasteiger partial charge in [0, 0.05) is 18.8 Å². The summed E-state index contributed by atoms with van der Waals surface area (Å²) in [5.41, 5.74) is 7.20. The molecule has 0 radical (unpaired) electrons. The van der Waals surface area contributed by atoms with Gasteiger partial charge in [-0.15, -0.1) is 0 Å². The fourth-order valence-corrected chi connectivity index (χ4v) is 1.55. The summed E-state index contributed by atoms with van der Waals surface area (Å²) in [5.74, 6) is -0.382. The van der Waals surface area contributed by atoms with Crippen molar-refractivity contribution in [3.63, 3.8) is 0 Å². The van der Waals surface area contributed by atoms with Gasteiger partial charge in [-0.2, -0.15) is 0 Å². The number of carbonyl (C=O) groups is 1. The Bertz CT molecular complexity index is 408. The number of nitrogens with two attached hydrogens (primary N) is 1. The van der Waals surface area contributed by atoms with E-state index in [2.05, 4.69) is 10.3 Å². The van der Waals surface area contributed by atoms with Gasteiger partial charge in [0.15, 0.2) is 0 Å². The van der Waals surface area contributed by atoms with Crippen LogP contribution in [-0.2, 0) is 4.79 Å². The Morgan fingerprint density at radius 2 is 2.56 bits per heavy atom. The van der Waals surface area contributed by atoms with E-state index in [4.69, 9.17) is 15.6 Å². The number of rotatable bonds is 3. The quantitative estimate of drug-likeness (QED) is 0.684. The van der Waals surface area contributed by atoms with E-state index >= 15 is 0 Å². The van der Waals surface area contributed by atoms with Crippen LogP contribution < -0.4 is 15.8 Å². The number of hydrogen-bond donors (Lipinski definition) is 3. The molecule has 2 heterocycles. The molecule has 86 valence electrons. The molecule has 1 aliphatic rings. The van der Waals surface area contributed by atoms with Gasteiger partial charge < -0.3 is 20.9 Å². The normalized spacial score (nSPS) is 15.6. The van der Waals surface area contributed by atoms with Gasteiger partial charge >= 0.3 is 5.97 Å².